The molecule has 0 aromatic carbocycles. The molecule has 0 bridgehead atoms. The van der Waals surface area contributed by atoms with Crippen LogP contribution >= 0.6 is 0 Å². The summed E-state index contributed by atoms with van der Waals surface area (Å²) in [6.45, 7) is 15.0. The normalized spacial score (nSPS) is 19.7. The highest BCUT2D eigenvalue weighted by Crippen LogP contribution is 2.40. The minimum atomic E-state index is 0.442. The number of hydrogen-bond donors (Lipinski definition) is 0. The molecule has 2 aliphatic rings. The average molecular weight is 435 g/mol. The van der Waals surface area contributed by atoms with Crippen molar-refractivity contribution in [2.75, 3.05) is 32.7 Å². The summed E-state index contributed by atoms with van der Waals surface area (Å²) in [5.74, 6) is 1.98. The highest BCUT2D eigenvalue weighted by atomic mass is 16.2. The Morgan fingerprint density at radius 3 is 1.90 bits per heavy atom. The van der Waals surface area contributed by atoms with Crippen molar-refractivity contribution < 1.29 is 4.79 Å². The van der Waals surface area contributed by atoms with Gasteiger partial charge in [-0.15, -0.1) is 0 Å². The molecule has 0 N–H and O–H groups in total. The number of likely N-dealkylation sites (tertiary alicyclic amines) is 2. The summed E-state index contributed by atoms with van der Waals surface area (Å²) in [6.07, 6.45) is 19.3. The third-order valence-corrected chi connectivity index (χ3v) is 7.87. The van der Waals surface area contributed by atoms with Gasteiger partial charge in [0.25, 0.3) is 0 Å². The molecular formula is C28H54N2O. The van der Waals surface area contributed by atoms with Crippen LogP contribution in [0, 0.1) is 17.3 Å². The molecule has 31 heavy (non-hydrogen) atoms. The molecule has 1 unspecified atom stereocenters. The zero-order valence-electron chi connectivity index (χ0n) is 21.6. The molecule has 2 rings (SSSR count). The van der Waals surface area contributed by atoms with Gasteiger partial charge in [-0.25, -0.2) is 0 Å². The van der Waals surface area contributed by atoms with Gasteiger partial charge < -0.3 is 9.80 Å². The number of rotatable bonds is 16. The Bertz CT molecular complexity index is 473. The predicted octanol–water partition coefficient (Wildman–Crippen LogP) is 7.29. The molecule has 2 saturated heterocycles. The van der Waals surface area contributed by atoms with E-state index in [1.807, 2.05) is 0 Å². The van der Waals surface area contributed by atoms with Crippen LogP contribution in [0.1, 0.15) is 124 Å². The smallest absolute Gasteiger partial charge is 0.222 e. The summed E-state index contributed by atoms with van der Waals surface area (Å²) in [5, 5.41) is 0. The van der Waals surface area contributed by atoms with Gasteiger partial charge >= 0.3 is 0 Å². The molecular weight excluding hydrogens is 380 g/mol. The van der Waals surface area contributed by atoms with E-state index in [-0.39, 0.29) is 0 Å². The van der Waals surface area contributed by atoms with Gasteiger partial charge in [0.1, 0.15) is 0 Å². The molecule has 0 saturated carbocycles. The number of carbonyl (C=O) groups excluding carboxylic acids is 1. The third-order valence-electron chi connectivity index (χ3n) is 7.87. The molecule has 3 nitrogen and oxygen atoms in total. The number of piperidine rings is 1. The van der Waals surface area contributed by atoms with Gasteiger partial charge in [0.2, 0.25) is 5.91 Å². The number of carbonyl (C=O) groups is 1. The zero-order valence-corrected chi connectivity index (χ0v) is 21.6. The Balaban J connectivity index is 1.67. The summed E-state index contributed by atoms with van der Waals surface area (Å²) in [6, 6.07) is 0. The van der Waals surface area contributed by atoms with Crippen LogP contribution in [-0.4, -0.2) is 48.4 Å². The lowest BCUT2D eigenvalue weighted by molar-refractivity contribution is -0.136. The van der Waals surface area contributed by atoms with Crippen molar-refractivity contribution in [3.8, 4) is 0 Å². The molecule has 2 fully saturated rings. The summed E-state index contributed by atoms with van der Waals surface area (Å²) in [5.41, 5.74) is 0.534. The van der Waals surface area contributed by atoms with Crippen LogP contribution in [0.15, 0.2) is 0 Å². The Morgan fingerprint density at radius 1 is 0.806 bits per heavy atom. The standard InChI is InChI=1S/C28H54N2O/c1-5-7-9-11-13-15-26(14-12-10-8-6-2)16-17-27(31)30-20-18-28(19-21-30)23-29(24-28)22-25(3)4/h25-26H,5-24H2,1-4H3. The minimum absolute atomic E-state index is 0.442. The highest BCUT2D eigenvalue weighted by molar-refractivity contribution is 5.76. The molecule has 1 atom stereocenters. The van der Waals surface area contributed by atoms with E-state index in [1.54, 1.807) is 0 Å². The number of unbranched alkanes of at least 4 members (excludes halogenated alkanes) is 7. The Morgan fingerprint density at radius 2 is 1.35 bits per heavy atom. The van der Waals surface area contributed by atoms with Gasteiger partial charge in [-0.2, -0.15) is 0 Å². The van der Waals surface area contributed by atoms with E-state index in [0.717, 1.165) is 37.8 Å². The topological polar surface area (TPSA) is 23.6 Å². The monoisotopic (exact) mass is 434 g/mol. The molecule has 182 valence electrons. The molecule has 0 aromatic heterocycles. The quantitative estimate of drug-likeness (QED) is 0.238. The fraction of sp³-hybridized carbons (Fsp3) is 0.964. The van der Waals surface area contributed by atoms with Gasteiger partial charge in [0.05, 0.1) is 0 Å². The summed E-state index contributed by atoms with van der Waals surface area (Å²) >= 11 is 0. The van der Waals surface area contributed by atoms with E-state index >= 15 is 0 Å². The number of amides is 1. The van der Waals surface area contributed by atoms with Crippen molar-refractivity contribution in [2.24, 2.45) is 17.3 Å². The van der Waals surface area contributed by atoms with Crippen LogP contribution in [0.25, 0.3) is 0 Å². The predicted molar refractivity (Wildman–Crippen MR) is 134 cm³/mol. The maximum atomic E-state index is 12.9. The fourth-order valence-corrected chi connectivity index (χ4v) is 5.91. The van der Waals surface area contributed by atoms with Crippen molar-refractivity contribution in [3.05, 3.63) is 0 Å². The van der Waals surface area contributed by atoms with E-state index in [0.29, 0.717) is 11.3 Å². The second-order valence-electron chi connectivity index (χ2n) is 11.4. The van der Waals surface area contributed by atoms with E-state index in [2.05, 4.69) is 37.5 Å². The SMILES string of the molecule is CCCCCCCC(CCCCCC)CCC(=O)N1CCC2(CC1)CN(CC(C)C)C2. The fourth-order valence-electron chi connectivity index (χ4n) is 5.91. The van der Waals surface area contributed by atoms with Gasteiger partial charge in [0, 0.05) is 39.1 Å². The molecule has 2 aliphatic heterocycles. The lowest BCUT2D eigenvalue weighted by Crippen LogP contribution is -2.61. The first-order chi connectivity index (χ1) is 15.0. The molecule has 1 amide bonds. The van der Waals surface area contributed by atoms with Crippen LogP contribution in [0.5, 0.6) is 0 Å². The lowest BCUT2D eigenvalue weighted by Gasteiger charge is -2.54. The van der Waals surface area contributed by atoms with Crippen LogP contribution in [0.4, 0.5) is 0 Å². The van der Waals surface area contributed by atoms with E-state index in [4.69, 9.17) is 0 Å². The summed E-state index contributed by atoms with van der Waals surface area (Å²) in [7, 11) is 0. The van der Waals surface area contributed by atoms with Crippen molar-refractivity contribution in [1.82, 2.24) is 9.80 Å². The summed E-state index contributed by atoms with van der Waals surface area (Å²) in [4.78, 5) is 17.8. The van der Waals surface area contributed by atoms with Crippen LogP contribution in [0.2, 0.25) is 0 Å². The van der Waals surface area contributed by atoms with E-state index in [1.165, 1.54) is 103 Å². The Hall–Kier alpha value is -0.570. The van der Waals surface area contributed by atoms with Crippen molar-refractivity contribution in [2.45, 2.75) is 124 Å². The molecule has 0 aliphatic carbocycles. The second-order valence-corrected chi connectivity index (χ2v) is 11.4. The average Bonchev–Trinajstić information content (AvgIpc) is 2.73. The van der Waals surface area contributed by atoms with Gasteiger partial charge in [-0.05, 0) is 36.5 Å². The van der Waals surface area contributed by atoms with E-state index in [9.17, 15) is 4.79 Å². The first-order valence-corrected chi connectivity index (χ1v) is 14.0. The molecule has 0 radical (unpaired) electrons. The molecule has 0 aromatic rings. The Labute approximate surface area is 194 Å². The van der Waals surface area contributed by atoms with Crippen LogP contribution in [-0.2, 0) is 4.79 Å². The number of hydrogen-bond acceptors (Lipinski definition) is 2. The summed E-state index contributed by atoms with van der Waals surface area (Å²) < 4.78 is 0. The minimum Gasteiger partial charge on any atom is -0.343 e. The van der Waals surface area contributed by atoms with Crippen LogP contribution in [0.3, 0.4) is 0 Å². The second kappa shape index (κ2) is 14.6. The zero-order chi connectivity index (χ0) is 22.5. The van der Waals surface area contributed by atoms with Crippen molar-refractivity contribution >= 4 is 5.91 Å². The Kier molecular flexibility index (Phi) is 12.5. The van der Waals surface area contributed by atoms with Gasteiger partial charge in [-0.3, -0.25) is 4.79 Å². The molecule has 3 heteroatoms. The van der Waals surface area contributed by atoms with Crippen molar-refractivity contribution in [1.29, 1.82) is 0 Å². The van der Waals surface area contributed by atoms with E-state index < -0.39 is 0 Å². The maximum Gasteiger partial charge on any atom is 0.222 e. The van der Waals surface area contributed by atoms with Gasteiger partial charge in [0.15, 0.2) is 0 Å². The largest absolute Gasteiger partial charge is 0.343 e. The van der Waals surface area contributed by atoms with Crippen LogP contribution < -0.4 is 0 Å². The molecule has 1 spiro atoms. The molecule has 2 heterocycles. The number of nitrogens with zero attached hydrogens (tertiary/aromatic N) is 2. The lowest BCUT2D eigenvalue weighted by atomic mass is 9.71. The van der Waals surface area contributed by atoms with Gasteiger partial charge in [-0.1, -0.05) is 98.3 Å². The first kappa shape index (κ1) is 26.7. The van der Waals surface area contributed by atoms with Crippen molar-refractivity contribution in [3.63, 3.8) is 0 Å². The first-order valence-electron chi connectivity index (χ1n) is 14.0. The highest BCUT2D eigenvalue weighted by Gasteiger charge is 2.45. The maximum absolute atomic E-state index is 12.9. The third kappa shape index (κ3) is 9.84.